The first-order valence-corrected chi connectivity index (χ1v) is 10.5. The van der Waals surface area contributed by atoms with E-state index < -0.39 is 0 Å². The summed E-state index contributed by atoms with van der Waals surface area (Å²) in [4.78, 5) is 12.8. The van der Waals surface area contributed by atoms with E-state index in [1.54, 1.807) is 38.6 Å². The van der Waals surface area contributed by atoms with Gasteiger partial charge in [0.15, 0.2) is 18.2 Å². The number of amides is 1. The number of ether oxygens (including phenoxy) is 3. The minimum atomic E-state index is -0.262. The maximum atomic E-state index is 12.8. The number of hydrogen-bond acceptors (Lipinski definition) is 5. The molecule has 1 atom stereocenters. The summed E-state index contributed by atoms with van der Waals surface area (Å²) in [5, 5.41) is 7.34. The molecule has 1 amide bonds. The number of carbonyl (C=O) groups excluding carboxylic acids is 1. The van der Waals surface area contributed by atoms with Gasteiger partial charge < -0.3 is 24.1 Å². The van der Waals surface area contributed by atoms with Crippen LogP contribution in [0.5, 0.6) is 17.2 Å². The first kappa shape index (κ1) is 22.0. The van der Waals surface area contributed by atoms with Crippen molar-refractivity contribution < 1.29 is 19.0 Å². The molecule has 1 N–H and O–H groups in total. The fraction of sp³-hybridized carbons (Fsp3) is 0.200. The molecule has 2 aromatic carbocycles. The summed E-state index contributed by atoms with van der Waals surface area (Å²) in [6.07, 6.45) is 5.66. The molecule has 8 heteroatoms. The highest BCUT2D eigenvalue weighted by Gasteiger charge is 2.16. The lowest BCUT2D eigenvalue weighted by atomic mass is 10.1. The van der Waals surface area contributed by atoms with Gasteiger partial charge in [-0.2, -0.15) is 5.10 Å². The van der Waals surface area contributed by atoms with Crippen LogP contribution in [0.25, 0.3) is 5.69 Å². The van der Waals surface area contributed by atoms with Gasteiger partial charge in [0.1, 0.15) is 5.69 Å². The maximum absolute atomic E-state index is 12.8. The molecular weight excluding hydrogens is 420 g/mol. The highest BCUT2D eigenvalue weighted by atomic mass is 16.5. The number of nitrogens with one attached hydrogen (secondary N) is 1. The number of hydrogen-bond donors (Lipinski definition) is 1. The number of methoxy groups -OCH3 is 2. The number of carbonyl (C=O) groups is 1. The van der Waals surface area contributed by atoms with Gasteiger partial charge in [0, 0.05) is 24.3 Å². The van der Waals surface area contributed by atoms with Crippen molar-refractivity contribution >= 4 is 5.91 Å². The Hall–Kier alpha value is -4.20. The lowest BCUT2D eigenvalue weighted by molar-refractivity contribution is 0.0932. The van der Waals surface area contributed by atoms with Gasteiger partial charge in [0.2, 0.25) is 5.75 Å². The molecule has 2 aromatic heterocycles. The van der Waals surface area contributed by atoms with Gasteiger partial charge in [0.25, 0.3) is 5.91 Å². The van der Waals surface area contributed by atoms with Crippen molar-refractivity contribution in [3.8, 4) is 22.9 Å². The Morgan fingerprint density at radius 3 is 2.36 bits per heavy atom. The van der Waals surface area contributed by atoms with Crippen LogP contribution in [0.15, 0.2) is 79.3 Å². The topological polar surface area (TPSA) is 79.5 Å². The van der Waals surface area contributed by atoms with E-state index in [1.165, 1.54) is 4.68 Å². The summed E-state index contributed by atoms with van der Waals surface area (Å²) in [5.74, 6) is 1.31. The largest absolute Gasteiger partial charge is 0.493 e. The summed E-state index contributed by atoms with van der Waals surface area (Å²) in [7, 11) is 3.13. The van der Waals surface area contributed by atoms with E-state index in [9.17, 15) is 4.79 Å². The summed E-state index contributed by atoms with van der Waals surface area (Å²) < 4.78 is 20.1. The SMILES string of the molecule is COc1cccc(OC)c1OCn1ccc(C(=O)NC(C)c2cccc(-n3cccc3)c2)n1. The number of aromatic nitrogens is 3. The fourth-order valence-electron chi connectivity index (χ4n) is 3.46. The van der Waals surface area contributed by atoms with Gasteiger partial charge in [-0.3, -0.25) is 4.79 Å². The molecule has 2 heterocycles. The van der Waals surface area contributed by atoms with Gasteiger partial charge in [-0.1, -0.05) is 18.2 Å². The Morgan fingerprint density at radius 2 is 1.67 bits per heavy atom. The highest BCUT2D eigenvalue weighted by Crippen LogP contribution is 2.36. The third kappa shape index (κ3) is 5.01. The third-order valence-corrected chi connectivity index (χ3v) is 5.22. The minimum Gasteiger partial charge on any atom is -0.493 e. The standard InChI is InChI=1S/C25H26N4O4/c1-18(19-8-6-9-20(16-19)28-13-4-5-14-28)26-25(30)21-12-15-29(27-21)17-33-24-22(31-2)10-7-11-23(24)32-3/h4-16,18H,17H2,1-3H3,(H,26,30). The Bertz CT molecular complexity index is 1190. The zero-order valence-corrected chi connectivity index (χ0v) is 18.8. The molecule has 0 aliphatic rings. The lowest BCUT2D eigenvalue weighted by Gasteiger charge is -2.15. The van der Waals surface area contributed by atoms with E-state index in [-0.39, 0.29) is 18.7 Å². The molecule has 0 aliphatic heterocycles. The van der Waals surface area contributed by atoms with Crippen LogP contribution in [-0.4, -0.2) is 34.5 Å². The van der Waals surface area contributed by atoms with Crippen LogP contribution in [0, 0.1) is 0 Å². The second kappa shape index (κ2) is 9.95. The molecule has 0 saturated carbocycles. The summed E-state index contributed by atoms with van der Waals surface area (Å²) in [6.45, 7) is 2.04. The van der Waals surface area contributed by atoms with Crippen LogP contribution in [0.4, 0.5) is 0 Å². The first-order chi connectivity index (χ1) is 16.1. The molecule has 0 aliphatic carbocycles. The molecular formula is C25H26N4O4. The number of para-hydroxylation sites is 1. The van der Waals surface area contributed by atoms with E-state index in [0.717, 1.165) is 11.3 Å². The Labute approximate surface area is 192 Å². The van der Waals surface area contributed by atoms with Crippen molar-refractivity contribution in [2.24, 2.45) is 0 Å². The van der Waals surface area contributed by atoms with Gasteiger partial charge in [0.05, 0.1) is 20.3 Å². The maximum Gasteiger partial charge on any atom is 0.272 e. The average molecular weight is 447 g/mol. The molecule has 4 rings (SSSR count). The number of rotatable bonds is 9. The van der Waals surface area contributed by atoms with Crippen molar-refractivity contribution in [1.82, 2.24) is 19.7 Å². The number of benzene rings is 2. The average Bonchev–Trinajstić information content (AvgIpc) is 3.55. The predicted octanol–water partition coefficient (Wildman–Crippen LogP) is 4.22. The van der Waals surface area contributed by atoms with Gasteiger partial charge in [-0.25, -0.2) is 4.68 Å². The second-order valence-corrected chi connectivity index (χ2v) is 7.39. The van der Waals surface area contributed by atoms with Crippen LogP contribution in [0.3, 0.4) is 0 Å². The van der Waals surface area contributed by atoms with Crippen molar-refractivity contribution in [3.05, 3.63) is 90.5 Å². The quantitative estimate of drug-likeness (QED) is 0.417. The van der Waals surface area contributed by atoms with Crippen molar-refractivity contribution in [3.63, 3.8) is 0 Å². The van der Waals surface area contributed by atoms with Crippen LogP contribution in [0.1, 0.15) is 29.0 Å². The molecule has 0 fully saturated rings. The smallest absolute Gasteiger partial charge is 0.272 e. The zero-order valence-electron chi connectivity index (χ0n) is 18.8. The highest BCUT2D eigenvalue weighted by molar-refractivity contribution is 5.92. The Kier molecular flexibility index (Phi) is 6.64. The summed E-state index contributed by atoms with van der Waals surface area (Å²) in [5.41, 5.74) is 2.34. The molecule has 1 unspecified atom stereocenters. The number of nitrogens with zero attached hydrogens (tertiary/aromatic N) is 3. The molecule has 4 aromatic rings. The van der Waals surface area contributed by atoms with E-state index in [1.807, 2.05) is 60.3 Å². The van der Waals surface area contributed by atoms with E-state index in [2.05, 4.69) is 16.5 Å². The predicted molar refractivity (Wildman–Crippen MR) is 124 cm³/mol. The summed E-state index contributed by atoms with van der Waals surface area (Å²) in [6, 6.07) is 18.8. The molecule has 0 saturated heterocycles. The van der Waals surface area contributed by atoms with Crippen LogP contribution in [-0.2, 0) is 6.73 Å². The van der Waals surface area contributed by atoms with E-state index in [4.69, 9.17) is 14.2 Å². The monoisotopic (exact) mass is 446 g/mol. The van der Waals surface area contributed by atoms with Crippen molar-refractivity contribution in [2.45, 2.75) is 19.7 Å². The van der Waals surface area contributed by atoms with Gasteiger partial charge in [-0.15, -0.1) is 0 Å². The Balaban J connectivity index is 1.40. The van der Waals surface area contributed by atoms with Crippen LogP contribution >= 0.6 is 0 Å². The van der Waals surface area contributed by atoms with Crippen molar-refractivity contribution in [1.29, 1.82) is 0 Å². The fourth-order valence-corrected chi connectivity index (χ4v) is 3.46. The zero-order chi connectivity index (χ0) is 23.2. The van der Waals surface area contributed by atoms with Crippen LogP contribution in [0.2, 0.25) is 0 Å². The van der Waals surface area contributed by atoms with Crippen molar-refractivity contribution in [2.75, 3.05) is 14.2 Å². The lowest BCUT2D eigenvalue weighted by Crippen LogP contribution is -2.27. The van der Waals surface area contributed by atoms with Gasteiger partial charge >= 0.3 is 0 Å². The van der Waals surface area contributed by atoms with E-state index >= 15 is 0 Å². The molecule has 8 nitrogen and oxygen atoms in total. The second-order valence-electron chi connectivity index (χ2n) is 7.39. The minimum absolute atomic E-state index is 0.0957. The summed E-state index contributed by atoms with van der Waals surface area (Å²) >= 11 is 0. The van der Waals surface area contributed by atoms with Gasteiger partial charge in [-0.05, 0) is 55.0 Å². The van der Waals surface area contributed by atoms with Crippen LogP contribution < -0.4 is 19.5 Å². The third-order valence-electron chi connectivity index (χ3n) is 5.22. The molecule has 0 spiro atoms. The molecule has 0 radical (unpaired) electrons. The first-order valence-electron chi connectivity index (χ1n) is 10.5. The molecule has 0 bridgehead atoms. The normalized spacial score (nSPS) is 11.6. The molecule has 170 valence electrons. The Morgan fingerprint density at radius 1 is 0.970 bits per heavy atom. The van der Waals surface area contributed by atoms with E-state index in [0.29, 0.717) is 22.9 Å². The molecule has 33 heavy (non-hydrogen) atoms.